The van der Waals surface area contributed by atoms with Crippen LogP contribution in [0.5, 0.6) is 0 Å². The van der Waals surface area contributed by atoms with Crippen molar-refractivity contribution in [2.24, 2.45) is 0 Å². The first kappa shape index (κ1) is 9.71. The number of nitrogens with zero attached hydrogens (tertiary/aromatic N) is 1. The fraction of sp³-hybridized carbons (Fsp3) is 0.154. The Kier molecular flexibility index (Phi) is 2.42. The molecule has 0 saturated heterocycles. The van der Waals surface area contributed by atoms with E-state index in [2.05, 4.69) is 18.8 Å². The van der Waals surface area contributed by atoms with Crippen LogP contribution in [0, 0.1) is 13.8 Å². The van der Waals surface area contributed by atoms with E-state index in [1.54, 1.807) is 0 Å². The summed E-state index contributed by atoms with van der Waals surface area (Å²) < 4.78 is 0. The molecule has 1 heterocycles. The molecule has 2 N–H and O–H groups in total. The normalized spacial score (nSPS) is 10.3. The number of anilines is 1. The summed E-state index contributed by atoms with van der Waals surface area (Å²) in [6.45, 7) is 4.15. The zero-order valence-electron chi connectivity index (χ0n) is 8.99. The highest BCUT2D eigenvalue weighted by Crippen LogP contribution is 2.27. The van der Waals surface area contributed by atoms with E-state index in [9.17, 15) is 0 Å². The van der Waals surface area contributed by atoms with Gasteiger partial charge in [-0.3, -0.25) is 4.98 Å². The van der Waals surface area contributed by atoms with Gasteiger partial charge in [-0.1, -0.05) is 6.07 Å². The maximum atomic E-state index is 5.80. The van der Waals surface area contributed by atoms with Gasteiger partial charge in [0.25, 0.3) is 0 Å². The van der Waals surface area contributed by atoms with Crippen molar-refractivity contribution < 1.29 is 0 Å². The second kappa shape index (κ2) is 3.73. The van der Waals surface area contributed by atoms with Crippen LogP contribution in [-0.4, -0.2) is 4.98 Å². The van der Waals surface area contributed by atoms with E-state index < -0.39 is 0 Å². The predicted octanol–water partition coefficient (Wildman–Crippen LogP) is 2.95. The first-order valence-corrected chi connectivity index (χ1v) is 4.95. The summed E-state index contributed by atoms with van der Waals surface area (Å²) in [5, 5.41) is 0. The monoisotopic (exact) mass is 198 g/mol. The molecule has 1 aromatic heterocycles. The minimum Gasteiger partial charge on any atom is -0.399 e. The van der Waals surface area contributed by atoms with E-state index in [4.69, 9.17) is 5.73 Å². The second-order valence-electron chi connectivity index (χ2n) is 3.76. The summed E-state index contributed by atoms with van der Waals surface area (Å²) in [5.41, 5.74) is 11.4. The third kappa shape index (κ3) is 1.84. The van der Waals surface area contributed by atoms with E-state index in [1.165, 1.54) is 22.3 Å². The molecule has 2 rings (SSSR count). The topological polar surface area (TPSA) is 38.9 Å². The van der Waals surface area contributed by atoms with Gasteiger partial charge in [-0.15, -0.1) is 0 Å². The summed E-state index contributed by atoms with van der Waals surface area (Å²) in [6.07, 6.45) is 3.68. The maximum absolute atomic E-state index is 5.80. The maximum Gasteiger partial charge on any atom is 0.0320 e. The van der Waals surface area contributed by atoms with Crippen LogP contribution in [0.15, 0.2) is 36.7 Å². The van der Waals surface area contributed by atoms with Crippen LogP contribution >= 0.6 is 0 Å². The molecule has 2 nitrogen and oxygen atoms in total. The third-order valence-electron chi connectivity index (χ3n) is 2.57. The lowest BCUT2D eigenvalue weighted by Gasteiger charge is -2.09. The van der Waals surface area contributed by atoms with Crippen LogP contribution in [0.3, 0.4) is 0 Å². The Balaban J connectivity index is 2.64. The van der Waals surface area contributed by atoms with Gasteiger partial charge in [0.2, 0.25) is 0 Å². The molecule has 0 aliphatic carbocycles. The number of nitrogens with two attached hydrogens (primary N) is 1. The Morgan fingerprint density at radius 2 is 1.80 bits per heavy atom. The molecular weight excluding hydrogens is 184 g/mol. The molecule has 0 fully saturated rings. The van der Waals surface area contributed by atoms with Gasteiger partial charge in [0.1, 0.15) is 0 Å². The van der Waals surface area contributed by atoms with Crippen molar-refractivity contribution >= 4 is 5.69 Å². The zero-order valence-corrected chi connectivity index (χ0v) is 8.99. The number of rotatable bonds is 1. The van der Waals surface area contributed by atoms with E-state index in [1.807, 2.05) is 36.7 Å². The number of benzene rings is 1. The number of hydrogen-bond acceptors (Lipinski definition) is 2. The lowest BCUT2D eigenvalue weighted by molar-refractivity contribution is 1.26. The fourth-order valence-corrected chi connectivity index (χ4v) is 1.71. The van der Waals surface area contributed by atoms with Crippen molar-refractivity contribution in [1.82, 2.24) is 4.98 Å². The molecule has 2 aromatic rings. The van der Waals surface area contributed by atoms with E-state index in [0.29, 0.717) is 0 Å². The van der Waals surface area contributed by atoms with Crippen LogP contribution in [0.4, 0.5) is 5.69 Å². The average Bonchev–Trinajstić information content (AvgIpc) is 2.23. The van der Waals surface area contributed by atoms with Crippen molar-refractivity contribution in [2.75, 3.05) is 5.73 Å². The molecule has 1 aromatic carbocycles. The highest BCUT2D eigenvalue weighted by atomic mass is 14.6. The van der Waals surface area contributed by atoms with Crippen molar-refractivity contribution in [2.45, 2.75) is 13.8 Å². The van der Waals surface area contributed by atoms with Crippen molar-refractivity contribution in [3.8, 4) is 11.1 Å². The number of aryl methyl sites for hydroxylation is 2. The molecule has 15 heavy (non-hydrogen) atoms. The molecule has 0 bridgehead atoms. The number of pyridine rings is 1. The lowest BCUT2D eigenvalue weighted by atomic mass is 9.98. The van der Waals surface area contributed by atoms with Crippen LogP contribution < -0.4 is 5.73 Å². The smallest absolute Gasteiger partial charge is 0.0320 e. The minimum absolute atomic E-state index is 0.798. The summed E-state index contributed by atoms with van der Waals surface area (Å²) in [6, 6.07) is 8.01. The van der Waals surface area contributed by atoms with Gasteiger partial charge in [-0.2, -0.15) is 0 Å². The van der Waals surface area contributed by atoms with Gasteiger partial charge < -0.3 is 5.73 Å². The van der Waals surface area contributed by atoms with E-state index >= 15 is 0 Å². The first-order chi connectivity index (χ1) is 7.18. The van der Waals surface area contributed by atoms with Crippen molar-refractivity contribution in [1.29, 1.82) is 0 Å². The van der Waals surface area contributed by atoms with Crippen LogP contribution in [0.2, 0.25) is 0 Å². The Labute approximate surface area is 89.8 Å². The molecule has 2 heteroatoms. The minimum atomic E-state index is 0.798. The molecule has 76 valence electrons. The van der Waals surface area contributed by atoms with Gasteiger partial charge in [0.05, 0.1) is 0 Å². The van der Waals surface area contributed by atoms with Gasteiger partial charge in [-0.05, 0) is 54.3 Å². The highest BCUT2D eigenvalue weighted by Gasteiger charge is 2.04. The van der Waals surface area contributed by atoms with Crippen molar-refractivity contribution in [3.63, 3.8) is 0 Å². The SMILES string of the molecule is Cc1cnccc1-c1cc(N)ccc1C. The Hall–Kier alpha value is -1.83. The summed E-state index contributed by atoms with van der Waals surface area (Å²) in [7, 11) is 0. The number of aromatic nitrogens is 1. The molecule has 0 amide bonds. The van der Waals surface area contributed by atoms with Crippen LogP contribution in [0.1, 0.15) is 11.1 Å². The van der Waals surface area contributed by atoms with Gasteiger partial charge >= 0.3 is 0 Å². The molecule has 0 saturated carbocycles. The largest absolute Gasteiger partial charge is 0.399 e. The van der Waals surface area contributed by atoms with E-state index in [0.717, 1.165) is 5.69 Å². The zero-order chi connectivity index (χ0) is 10.8. The quantitative estimate of drug-likeness (QED) is 0.715. The molecule has 0 radical (unpaired) electrons. The lowest BCUT2D eigenvalue weighted by Crippen LogP contribution is -1.91. The molecule has 0 aliphatic heterocycles. The summed E-state index contributed by atoms with van der Waals surface area (Å²) in [5.74, 6) is 0. The first-order valence-electron chi connectivity index (χ1n) is 4.95. The number of nitrogen functional groups attached to an aromatic ring is 1. The summed E-state index contributed by atoms with van der Waals surface area (Å²) in [4.78, 5) is 4.09. The molecule has 0 aliphatic rings. The highest BCUT2D eigenvalue weighted by molar-refractivity contribution is 5.72. The van der Waals surface area contributed by atoms with Gasteiger partial charge in [0, 0.05) is 18.1 Å². The van der Waals surface area contributed by atoms with E-state index in [-0.39, 0.29) is 0 Å². The molecule has 0 spiro atoms. The summed E-state index contributed by atoms with van der Waals surface area (Å²) >= 11 is 0. The van der Waals surface area contributed by atoms with Crippen LogP contribution in [-0.2, 0) is 0 Å². The standard InChI is InChI=1S/C13H14N2/c1-9-3-4-11(14)7-13(9)12-5-6-15-8-10(12)2/h3-8H,14H2,1-2H3. The Morgan fingerprint density at radius 1 is 1.00 bits per heavy atom. The van der Waals surface area contributed by atoms with Crippen molar-refractivity contribution in [3.05, 3.63) is 47.8 Å². The fourth-order valence-electron chi connectivity index (χ4n) is 1.71. The second-order valence-corrected chi connectivity index (χ2v) is 3.76. The van der Waals surface area contributed by atoms with Crippen LogP contribution in [0.25, 0.3) is 11.1 Å². The molecule has 0 atom stereocenters. The number of hydrogen-bond donors (Lipinski definition) is 1. The predicted molar refractivity (Wildman–Crippen MR) is 63.6 cm³/mol. The Bertz CT molecular complexity index is 490. The van der Waals surface area contributed by atoms with Gasteiger partial charge in [0.15, 0.2) is 0 Å². The molecular formula is C13H14N2. The third-order valence-corrected chi connectivity index (χ3v) is 2.57. The Morgan fingerprint density at radius 3 is 2.53 bits per heavy atom. The van der Waals surface area contributed by atoms with Gasteiger partial charge in [-0.25, -0.2) is 0 Å². The average molecular weight is 198 g/mol. The molecule has 0 unspecified atom stereocenters.